The number of aliphatic hydroxyl groups is 1. The SMILES string of the molecule is O=c1cc(-c2ccnc(NC3CCOCC3)n2)ccn1[C@H](CO)c1ccc(F)c(F)c1. The molecule has 1 atom stereocenters. The van der Waals surface area contributed by atoms with Gasteiger partial charge >= 0.3 is 0 Å². The van der Waals surface area contributed by atoms with Gasteiger partial charge in [-0.1, -0.05) is 6.07 Å². The molecule has 3 heterocycles. The van der Waals surface area contributed by atoms with Crippen LogP contribution >= 0.6 is 0 Å². The number of benzene rings is 1. The average molecular weight is 428 g/mol. The van der Waals surface area contributed by atoms with E-state index in [4.69, 9.17) is 4.74 Å². The van der Waals surface area contributed by atoms with Crippen molar-refractivity contribution in [1.29, 1.82) is 0 Å². The molecule has 1 aliphatic heterocycles. The predicted octanol–water partition coefficient (Wildman–Crippen LogP) is 2.76. The Morgan fingerprint density at radius 2 is 1.97 bits per heavy atom. The molecule has 3 aromatic rings. The van der Waals surface area contributed by atoms with Gasteiger partial charge in [-0.3, -0.25) is 4.79 Å². The van der Waals surface area contributed by atoms with Gasteiger partial charge in [-0.2, -0.15) is 0 Å². The molecule has 0 radical (unpaired) electrons. The number of ether oxygens (including phenoxy) is 1. The molecule has 162 valence electrons. The van der Waals surface area contributed by atoms with E-state index in [-0.39, 0.29) is 6.04 Å². The summed E-state index contributed by atoms with van der Waals surface area (Å²) < 4.78 is 33.5. The molecule has 1 aliphatic rings. The van der Waals surface area contributed by atoms with Crippen LogP contribution in [0.2, 0.25) is 0 Å². The minimum atomic E-state index is -1.04. The molecule has 0 spiro atoms. The van der Waals surface area contributed by atoms with Gasteiger partial charge in [0.05, 0.1) is 18.3 Å². The van der Waals surface area contributed by atoms with Crippen LogP contribution in [0.1, 0.15) is 24.4 Å². The third-order valence-electron chi connectivity index (χ3n) is 5.29. The third-order valence-corrected chi connectivity index (χ3v) is 5.29. The topological polar surface area (TPSA) is 89.3 Å². The summed E-state index contributed by atoms with van der Waals surface area (Å²) in [6.07, 6.45) is 4.87. The Bertz CT molecular complexity index is 1120. The zero-order valence-electron chi connectivity index (χ0n) is 16.7. The van der Waals surface area contributed by atoms with Gasteiger partial charge in [0.2, 0.25) is 5.95 Å². The Labute approximate surface area is 177 Å². The highest BCUT2D eigenvalue weighted by Crippen LogP contribution is 2.22. The van der Waals surface area contributed by atoms with Crippen molar-refractivity contribution in [2.24, 2.45) is 0 Å². The fourth-order valence-electron chi connectivity index (χ4n) is 3.59. The molecule has 31 heavy (non-hydrogen) atoms. The summed E-state index contributed by atoms with van der Waals surface area (Å²) in [5.41, 5.74) is 1.04. The number of anilines is 1. The quantitative estimate of drug-likeness (QED) is 0.628. The summed E-state index contributed by atoms with van der Waals surface area (Å²) >= 11 is 0. The first-order chi connectivity index (χ1) is 15.0. The fourth-order valence-corrected chi connectivity index (χ4v) is 3.59. The molecule has 2 N–H and O–H groups in total. The predicted molar refractivity (Wildman–Crippen MR) is 111 cm³/mol. The van der Waals surface area contributed by atoms with Gasteiger partial charge in [-0.15, -0.1) is 0 Å². The number of hydrogen-bond acceptors (Lipinski definition) is 6. The molecule has 9 heteroatoms. The number of pyridine rings is 1. The van der Waals surface area contributed by atoms with Crippen LogP contribution in [0.15, 0.2) is 53.6 Å². The normalized spacial score (nSPS) is 15.6. The minimum absolute atomic E-state index is 0.235. The van der Waals surface area contributed by atoms with E-state index < -0.39 is 29.8 Å². The van der Waals surface area contributed by atoms with E-state index in [0.29, 0.717) is 36.0 Å². The Morgan fingerprint density at radius 3 is 2.68 bits per heavy atom. The lowest BCUT2D eigenvalue weighted by Gasteiger charge is -2.23. The fraction of sp³-hybridized carbons (Fsp3) is 0.318. The summed E-state index contributed by atoms with van der Waals surface area (Å²) in [4.78, 5) is 21.5. The summed E-state index contributed by atoms with van der Waals surface area (Å²) in [7, 11) is 0. The molecule has 1 aromatic carbocycles. The maximum absolute atomic E-state index is 13.6. The van der Waals surface area contributed by atoms with Crippen LogP contribution in [0, 0.1) is 11.6 Å². The molecule has 7 nitrogen and oxygen atoms in total. The second-order valence-electron chi connectivity index (χ2n) is 7.33. The summed E-state index contributed by atoms with van der Waals surface area (Å²) in [6, 6.07) is 7.47. The standard InChI is InChI=1S/C22H22F2N4O3/c23-17-2-1-15(11-18(17)24)20(13-29)28-8-4-14(12-21(28)30)19-3-7-25-22(27-19)26-16-5-9-31-10-6-16/h1-4,7-8,11-12,16,20,29H,5-6,9-10,13H2,(H,25,26,27)/t20-/m1/s1. The molecular weight excluding hydrogens is 406 g/mol. The van der Waals surface area contributed by atoms with Crippen LogP contribution < -0.4 is 10.9 Å². The zero-order chi connectivity index (χ0) is 21.8. The van der Waals surface area contributed by atoms with Crippen molar-refractivity contribution in [3.8, 4) is 11.3 Å². The van der Waals surface area contributed by atoms with E-state index in [1.807, 2.05) is 0 Å². The Balaban J connectivity index is 1.59. The van der Waals surface area contributed by atoms with E-state index in [1.165, 1.54) is 22.9 Å². The van der Waals surface area contributed by atoms with E-state index in [2.05, 4.69) is 15.3 Å². The molecule has 1 fully saturated rings. The number of nitrogens with one attached hydrogen (secondary N) is 1. The van der Waals surface area contributed by atoms with Crippen LogP contribution in [0.3, 0.4) is 0 Å². The summed E-state index contributed by atoms with van der Waals surface area (Å²) in [6.45, 7) is 0.941. The Morgan fingerprint density at radius 1 is 1.16 bits per heavy atom. The number of aromatic nitrogens is 3. The van der Waals surface area contributed by atoms with Crippen LogP contribution in [-0.2, 0) is 4.74 Å². The van der Waals surface area contributed by atoms with E-state index in [0.717, 1.165) is 25.0 Å². The van der Waals surface area contributed by atoms with Crippen molar-refractivity contribution >= 4 is 5.95 Å². The first kappa shape index (κ1) is 21.1. The largest absolute Gasteiger partial charge is 0.394 e. The summed E-state index contributed by atoms with van der Waals surface area (Å²) in [5, 5.41) is 13.1. The highest BCUT2D eigenvalue weighted by atomic mass is 19.2. The number of halogens is 2. The highest BCUT2D eigenvalue weighted by molar-refractivity contribution is 5.59. The van der Waals surface area contributed by atoms with Gasteiger partial charge in [0.15, 0.2) is 11.6 Å². The van der Waals surface area contributed by atoms with Crippen LogP contribution in [0.5, 0.6) is 0 Å². The van der Waals surface area contributed by atoms with Crippen molar-refractivity contribution in [3.05, 3.63) is 76.3 Å². The molecule has 0 bridgehead atoms. The average Bonchev–Trinajstić information content (AvgIpc) is 2.78. The van der Waals surface area contributed by atoms with Gasteiger partial charge < -0.3 is 19.7 Å². The lowest BCUT2D eigenvalue weighted by Crippen LogP contribution is -2.28. The molecular formula is C22H22F2N4O3. The van der Waals surface area contributed by atoms with Crippen molar-refractivity contribution in [2.75, 3.05) is 25.1 Å². The second-order valence-corrected chi connectivity index (χ2v) is 7.33. The van der Waals surface area contributed by atoms with Gasteiger partial charge in [-0.05, 0) is 42.7 Å². The van der Waals surface area contributed by atoms with Crippen molar-refractivity contribution in [2.45, 2.75) is 24.9 Å². The van der Waals surface area contributed by atoms with E-state index in [1.54, 1.807) is 18.3 Å². The summed E-state index contributed by atoms with van der Waals surface area (Å²) in [5.74, 6) is -1.55. The van der Waals surface area contributed by atoms with Crippen LogP contribution in [0.4, 0.5) is 14.7 Å². The van der Waals surface area contributed by atoms with Crippen LogP contribution in [-0.4, -0.2) is 45.5 Å². The third kappa shape index (κ3) is 4.78. The highest BCUT2D eigenvalue weighted by Gasteiger charge is 2.18. The monoisotopic (exact) mass is 428 g/mol. The number of hydrogen-bond donors (Lipinski definition) is 2. The first-order valence-electron chi connectivity index (χ1n) is 10.0. The van der Waals surface area contributed by atoms with Gasteiger partial charge in [0.25, 0.3) is 5.56 Å². The van der Waals surface area contributed by atoms with Crippen LogP contribution in [0.25, 0.3) is 11.3 Å². The number of aliphatic hydroxyl groups excluding tert-OH is 1. The van der Waals surface area contributed by atoms with Gasteiger partial charge in [-0.25, -0.2) is 18.7 Å². The molecule has 0 amide bonds. The first-order valence-corrected chi connectivity index (χ1v) is 10.0. The van der Waals surface area contributed by atoms with Crippen molar-refractivity contribution in [1.82, 2.24) is 14.5 Å². The zero-order valence-corrected chi connectivity index (χ0v) is 16.7. The van der Waals surface area contributed by atoms with E-state index >= 15 is 0 Å². The maximum atomic E-state index is 13.6. The molecule has 0 aliphatic carbocycles. The number of nitrogens with zero attached hydrogens (tertiary/aromatic N) is 3. The smallest absolute Gasteiger partial charge is 0.251 e. The molecule has 2 aromatic heterocycles. The molecule has 0 saturated carbocycles. The Kier molecular flexibility index (Phi) is 6.34. The van der Waals surface area contributed by atoms with Gasteiger partial charge in [0.1, 0.15) is 0 Å². The lowest BCUT2D eigenvalue weighted by atomic mass is 10.1. The minimum Gasteiger partial charge on any atom is -0.394 e. The van der Waals surface area contributed by atoms with Crippen molar-refractivity contribution in [3.63, 3.8) is 0 Å². The second kappa shape index (κ2) is 9.32. The van der Waals surface area contributed by atoms with E-state index in [9.17, 15) is 18.7 Å². The lowest BCUT2D eigenvalue weighted by molar-refractivity contribution is 0.0903. The van der Waals surface area contributed by atoms with Crippen molar-refractivity contribution < 1.29 is 18.6 Å². The number of rotatable bonds is 6. The molecule has 4 rings (SSSR count). The molecule has 1 saturated heterocycles. The maximum Gasteiger partial charge on any atom is 0.251 e. The Hall–Kier alpha value is -3.17. The molecule has 0 unspecified atom stereocenters. The van der Waals surface area contributed by atoms with Gasteiger partial charge in [0, 0.05) is 43.3 Å².